The molecule has 1 aliphatic heterocycles. The number of aromatic amines is 1. The number of nitrogens with zero attached hydrogens (tertiary/aromatic N) is 3. The van der Waals surface area contributed by atoms with E-state index in [2.05, 4.69) is 15.5 Å². The van der Waals surface area contributed by atoms with E-state index in [1.807, 2.05) is 40.8 Å². The van der Waals surface area contributed by atoms with Gasteiger partial charge >= 0.3 is 6.03 Å². The fourth-order valence-electron chi connectivity index (χ4n) is 3.04. The topological polar surface area (TPSA) is 75.2 Å². The van der Waals surface area contributed by atoms with Crippen molar-refractivity contribution in [3.8, 4) is 5.75 Å². The third kappa shape index (κ3) is 3.28. The highest BCUT2D eigenvalue weighted by Gasteiger charge is 2.28. The van der Waals surface area contributed by atoms with Crippen LogP contribution in [-0.4, -0.2) is 45.9 Å². The lowest BCUT2D eigenvalue weighted by molar-refractivity contribution is 0.190. The zero-order chi connectivity index (χ0) is 17.1. The molecule has 7 nitrogen and oxygen atoms in total. The largest absolute Gasteiger partial charge is 0.495 e. The first-order valence-corrected chi connectivity index (χ1v) is 8.31. The highest BCUT2D eigenvalue weighted by atomic mass is 32.1. The third-order valence-corrected chi connectivity index (χ3v) is 4.70. The molecule has 2 aromatic rings. The zero-order valence-corrected chi connectivity index (χ0v) is 14.6. The van der Waals surface area contributed by atoms with Crippen LogP contribution in [0, 0.1) is 4.77 Å². The van der Waals surface area contributed by atoms with Crippen LogP contribution < -0.4 is 10.1 Å². The first-order chi connectivity index (χ1) is 11.6. The molecule has 2 amide bonds. The summed E-state index contributed by atoms with van der Waals surface area (Å²) in [6.45, 7) is 1.35. The number of hydrogen-bond acceptors (Lipinski definition) is 4. The zero-order valence-electron chi connectivity index (χ0n) is 13.8. The van der Waals surface area contributed by atoms with Crippen LogP contribution in [0.1, 0.15) is 24.6 Å². The number of hydrogen-bond donors (Lipinski definition) is 2. The van der Waals surface area contributed by atoms with Gasteiger partial charge in [-0.2, -0.15) is 5.10 Å². The summed E-state index contributed by atoms with van der Waals surface area (Å²) in [5.74, 6) is 1.73. The molecule has 2 heterocycles. The van der Waals surface area contributed by atoms with Gasteiger partial charge < -0.3 is 19.5 Å². The number of anilines is 1. The van der Waals surface area contributed by atoms with Crippen molar-refractivity contribution in [3.05, 3.63) is 34.9 Å². The Morgan fingerprint density at radius 3 is 2.96 bits per heavy atom. The van der Waals surface area contributed by atoms with Gasteiger partial charge in [-0.3, -0.25) is 5.10 Å². The molecule has 0 aliphatic carbocycles. The molecule has 3 rings (SSSR count). The van der Waals surface area contributed by atoms with E-state index in [9.17, 15) is 4.79 Å². The number of likely N-dealkylation sites (tertiary alicyclic amines) is 1. The summed E-state index contributed by atoms with van der Waals surface area (Å²) < 4.78 is 7.75. The van der Waals surface area contributed by atoms with Gasteiger partial charge in [0.05, 0.1) is 12.8 Å². The van der Waals surface area contributed by atoms with Gasteiger partial charge in [-0.15, -0.1) is 0 Å². The molecule has 0 radical (unpaired) electrons. The predicted molar refractivity (Wildman–Crippen MR) is 94.0 cm³/mol. The predicted octanol–water partition coefficient (Wildman–Crippen LogP) is 2.90. The van der Waals surface area contributed by atoms with Crippen molar-refractivity contribution in [1.82, 2.24) is 19.7 Å². The number of piperidine rings is 1. The minimum atomic E-state index is -0.124. The van der Waals surface area contributed by atoms with Gasteiger partial charge in [-0.25, -0.2) is 4.79 Å². The molecule has 1 saturated heterocycles. The number of amides is 2. The van der Waals surface area contributed by atoms with Crippen LogP contribution in [-0.2, 0) is 7.05 Å². The highest BCUT2D eigenvalue weighted by Crippen LogP contribution is 2.27. The Labute approximate surface area is 145 Å². The van der Waals surface area contributed by atoms with Gasteiger partial charge in [0.25, 0.3) is 0 Å². The number of aromatic nitrogens is 3. The fourth-order valence-corrected chi connectivity index (χ4v) is 3.18. The van der Waals surface area contributed by atoms with Crippen molar-refractivity contribution in [2.75, 3.05) is 25.5 Å². The second-order valence-electron chi connectivity index (χ2n) is 5.86. The number of H-pyrrole nitrogens is 1. The number of nitrogens with one attached hydrogen (secondary N) is 2. The maximum absolute atomic E-state index is 12.6. The molecule has 8 heteroatoms. The van der Waals surface area contributed by atoms with Crippen LogP contribution in [0.15, 0.2) is 24.3 Å². The van der Waals surface area contributed by atoms with Crippen LogP contribution in [0.4, 0.5) is 10.5 Å². The molecule has 1 atom stereocenters. The quantitative estimate of drug-likeness (QED) is 0.837. The fraction of sp³-hybridized carbons (Fsp3) is 0.438. The molecule has 1 aliphatic rings. The third-order valence-electron chi connectivity index (χ3n) is 4.34. The van der Waals surface area contributed by atoms with Crippen LogP contribution >= 0.6 is 12.2 Å². The van der Waals surface area contributed by atoms with Crippen molar-refractivity contribution < 1.29 is 9.53 Å². The summed E-state index contributed by atoms with van der Waals surface area (Å²) in [5.41, 5.74) is 0.672. The van der Waals surface area contributed by atoms with Crippen LogP contribution in [0.2, 0.25) is 0 Å². The molecular formula is C16H21N5O2S. The molecule has 2 N–H and O–H groups in total. The highest BCUT2D eigenvalue weighted by molar-refractivity contribution is 7.71. The average Bonchev–Trinajstić information content (AvgIpc) is 2.94. The number of methoxy groups -OCH3 is 1. The van der Waals surface area contributed by atoms with Gasteiger partial charge in [-0.05, 0) is 37.2 Å². The number of urea groups is 1. The van der Waals surface area contributed by atoms with Crippen molar-refractivity contribution in [1.29, 1.82) is 0 Å². The maximum Gasteiger partial charge on any atom is 0.321 e. The van der Waals surface area contributed by atoms with Crippen molar-refractivity contribution >= 4 is 23.9 Å². The van der Waals surface area contributed by atoms with E-state index in [-0.39, 0.29) is 11.9 Å². The van der Waals surface area contributed by atoms with E-state index in [0.717, 1.165) is 25.2 Å². The Kier molecular flexibility index (Phi) is 4.84. The monoisotopic (exact) mass is 347 g/mol. The summed E-state index contributed by atoms with van der Waals surface area (Å²) in [4.78, 5) is 14.4. The van der Waals surface area contributed by atoms with Crippen molar-refractivity contribution in [2.24, 2.45) is 7.05 Å². The number of ether oxygens (including phenoxy) is 1. The first kappa shape index (κ1) is 16.5. The molecular weight excluding hydrogens is 326 g/mol. The van der Waals surface area contributed by atoms with E-state index in [0.29, 0.717) is 22.8 Å². The minimum absolute atomic E-state index is 0.124. The summed E-state index contributed by atoms with van der Waals surface area (Å²) >= 11 is 5.18. The molecule has 24 heavy (non-hydrogen) atoms. The number of rotatable bonds is 3. The van der Waals surface area contributed by atoms with E-state index in [1.54, 1.807) is 7.11 Å². The lowest BCUT2D eigenvalue weighted by Gasteiger charge is -2.32. The molecule has 0 unspecified atom stereocenters. The molecule has 0 spiro atoms. The Morgan fingerprint density at radius 1 is 1.46 bits per heavy atom. The lowest BCUT2D eigenvalue weighted by atomic mass is 9.97. The van der Waals surface area contributed by atoms with E-state index in [1.165, 1.54) is 0 Å². The molecule has 1 aromatic carbocycles. The van der Waals surface area contributed by atoms with E-state index >= 15 is 0 Å². The number of para-hydroxylation sites is 2. The van der Waals surface area contributed by atoms with E-state index < -0.39 is 0 Å². The molecule has 128 valence electrons. The number of benzene rings is 1. The lowest BCUT2D eigenvalue weighted by Crippen LogP contribution is -2.42. The number of carbonyl (C=O) groups is 1. The van der Waals surface area contributed by atoms with Crippen molar-refractivity contribution in [2.45, 2.75) is 18.8 Å². The van der Waals surface area contributed by atoms with Gasteiger partial charge in [0.2, 0.25) is 0 Å². The molecule has 1 aromatic heterocycles. The smallest absolute Gasteiger partial charge is 0.321 e. The number of carbonyl (C=O) groups excluding carboxylic acids is 1. The van der Waals surface area contributed by atoms with Gasteiger partial charge in [0.15, 0.2) is 4.77 Å². The normalized spacial score (nSPS) is 17.6. The standard InChI is InChI=1S/C16H21N5O2S/c1-20-14(18-19-16(20)24)11-6-5-9-21(10-11)15(22)17-12-7-3-4-8-13(12)23-2/h3-4,7-8,11H,5-6,9-10H2,1-2H3,(H,17,22)(H,19,24)/t11-/m1/s1. The SMILES string of the molecule is COc1ccccc1NC(=O)N1CCC[C@@H](c2n[nH]c(=S)n2C)C1. The Balaban J connectivity index is 1.71. The Morgan fingerprint density at radius 2 is 2.25 bits per heavy atom. The van der Waals surface area contributed by atoms with Gasteiger partial charge in [0, 0.05) is 26.1 Å². The summed E-state index contributed by atoms with van der Waals surface area (Å²) in [6.07, 6.45) is 1.93. The molecule has 1 fully saturated rings. The molecule has 0 bridgehead atoms. The Hall–Kier alpha value is -2.35. The first-order valence-electron chi connectivity index (χ1n) is 7.90. The minimum Gasteiger partial charge on any atom is -0.495 e. The van der Waals surface area contributed by atoms with Gasteiger partial charge in [0.1, 0.15) is 11.6 Å². The summed E-state index contributed by atoms with van der Waals surface area (Å²) in [6, 6.07) is 7.26. The average molecular weight is 347 g/mol. The second-order valence-corrected chi connectivity index (χ2v) is 6.25. The Bertz CT molecular complexity index is 785. The van der Waals surface area contributed by atoms with Crippen LogP contribution in [0.25, 0.3) is 0 Å². The second kappa shape index (κ2) is 7.04. The maximum atomic E-state index is 12.6. The van der Waals surface area contributed by atoms with Crippen LogP contribution in [0.3, 0.4) is 0 Å². The van der Waals surface area contributed by atoms with Gasteiger partial charge in [-0.1, -0.05) is 12.1 Å². The van der Waals surface area contributed by atoms with Crippen LogP contribution in [0.5, 0.6) is 5.75 Å². The summed E-state index contributed by atoms with van der Waals surface area (Å²) in [7, 11) is 3.49. The molecule has 0 saturated carbocycles. The van der Waals surface area contributed by atoms with E-state index in [4.69, 9.17) is 17.0 Å². The summed E-state index contributed by atoms with van der Waals surface area (Å²) in [5, 5.41) is 10.1. The van der Waals surface area contributed by atoms with Crippen molar-refractivity contribution in [3.63, 3.8) is 0 Å².